The number of halogens is 2. The predicted molar refractivity (Wildman–Crippen MR) is 75.4 cm³/mol. The Morgan fingerprint density at radius 2 is 1.65 bits per heavy atom. The summed E-state index contributed by atoms with van der Waals surface area (Å²) >= 11 is 0. The summed E-state index contributed by atoms with van der Waals surface area (Å²) in [6.45, 7) is 2.17. The monoisotopic (exact) mass is 299 g/mol. The van der Waals surface area contributed by atoms with Gasteiger partial charge in [0, 0.05) is 21.7 Å². The molecule has 0 nitrogen and oxygen atoms in total. The molecule has 0 heterocycles. The average molecular weight is 300 g/mol. The smallest absolute Gasteiger partial charge is 0 e. The van der Waals surface area contributed by atoms with Crippen LogP contribution in [0.25, 0.3) is 21.9 Å². The van der Waals surface area contributed by atoms with Crippen molar-refractivity contribution in [1.29, 1.82) is 0 Å². The van der Waals surface area contributed by atoms with Gasteiger partial charge < -0.3 is 0 Å². The molecule has 0 aromatic heterocycles. The van der Waals surface area contributed by atoms with Crippen LogP contribution < -0.4 is 0 Å². The summed E-state index contributed by atoms with van der Waals surface area (Å²) in [5.41, 5.74) is 4.12. The fourth-order valence-electron chi connectivity index (χ4n) is 2.13. The van der Waals surface area contributed by atoms with Crippen molar-refractivity contribution in [2.75, 3.05) is 0 Å². The van der Waals surface area contributed by atoms with E-state index in [9.17, 15) is 0 Å². The Bertz CT molecular complexity index is 572. The summed E-state index contributed by atoms with van der Waals surface area (Å²) < 4.78 is 0. The molecule has 88 valence electrons. The molecule has 0 bridgehead atoms. The van der Waals surface area contributed by atoms with E-state index in [2.05, 4.69) is 55.5 Å². The van der Waals surface area contributed by atoms with E-state index in [-0.39, 0.29) is 46.5 Å². The van der Waals surface area contributed by atoms with Gasteiger partial charge in [-0.2, -0.15) is 0 Å². The van der Waals surface area contributed by atoms with Gasteiger partial charge in [0.05, 0.1) is 0 Å². The van der Waals surface area contributed by atoms with Crippen molar-refractivity contribution in [2.24, 2.45) is 0 Å². The van der Waals surface area contributed by atoms with Crippen LogP contribution in [0.2, 0.25) is 0 Å². The third-order valence-corrected chi connectivity index (χ3v) is 2.87. The van der Waals surface area contributed by atoms with Gasteiger partial charge in [-0.25, -0.2) is 0 Å². The molecule has 0 radical (unpaired) electrons. The number of hydrogen-bond donors (Lipinski definition) is 0. The van der Waals surface area contributed by atoms with Crippen LogP contribution in [0.15, 0.2) is 48.5 Å². The molecule has 0 saturated heterocycles. The van der Waals surface area contributed by atoms with Crippen LogP contribution >= 0.6 is 24.8 Å². The van der Waals surface area contributed by atoms with E-state index >= 15 is 0 Å². The van der Waals surface area contributed by atoms with Crippen molar-refractivity contribution in [1.82, 2.24) is 0 Å². The zero-order chi connectivity index (χ0) is 9.54. The van der Waals surface area contributed by atoms with Crippen molar-refractivity contribution in [2.45, 2.75) is 6.92 Å². The maximum absolute atomic E-state index is 2.28. The van der Waals surface area contributed by atoms with Crippen LogP contribution in [0.4, 0.5) is 0 Å². The topological polar surface area (TPSA) is 0 Å². The molecule has 0 fully saturated rings. The molecule has 0 aliphatic heterocycles. The van der Waals surface area contributed by atoms with Crippen LogP contribution in [0.3, 0.4) is 0 Å². The molecule has 0 unspecified atom stereocenters. The molecule has 2 aliphatic rings. The quantitative estimate of drug-likeness (QED) is 0.413. The van der Waals surface area contributed by atoms with Gasteiger partial charge in [-0.1, -0.05) is 42.0 Å². The minimum atomic E-state index is 0. The third kappa shape index (κ3) is 2.72. The van der Waals surface area contributed by atoms with Gasteiger partial charge >= 0.3 is 0 Å². The van der Waals surface area contributed by atoms with Crippen molar-refractivity contribution in [3.05, 3.63) is 54.1 Å². The molecule has 17 heavy (non-hydrogen) atoms. The molecule has 0 spiro atoms. The van der Waals surface area contributed by atoms with Crippen molar-refractivity contribution >= 4 is 35.6 Å². The summed E-state index contributed by atoms with van der Waals surface area (Å²) in [7, 11) is 0. The van der Waals surface area contributed by atoms with Crippen molar-refractivity contribution in [3.63, 3.8) is 0 Å². The maximum atomic E-state index is 2.28. The van der Waals surface area contributed by atoms with Gasteiger partial charge in [0.1, 0.15) is 0 Å². The first-order valence-electron chi connectivity index (χ1n) is 4.90. The number of rotatable bonds is 0. The standard InChI is InChI=1S/C14H11.2ClH.Ti/c1-10-5-4-8-13-12-7-3-2-6-11(12)9-14(10)13;;;/h2-9H,1H3;2*1H;/q-1;;;. The van der Waals surface area contributed by atoms with Gasteiger partial charge in [0.15, 0.2) is 0 Å². The van der Waals surface area contributed by atoms with E-state index in [4.69, 9.17) is 0 Å². The minimum Gasteiger partial charge on any atom is -0.147 e. The Balaban J connectivity index is 0.000000853. The predicted octanol–water partition coefficient (Wildman–Crippen LogP) is 4.81. The van der Waals surface area contributed by atoms with Gasteiger partial charge in [0.2, 0.25) is 0 Å². The molecule has 0 saturated carbocycles. The fourth-order valence-corrected chi connectivity index (χ4v) is 2.13. The van der Waals surface area contributed by atoms with Crippen LogP contribution in [0.5, 0.6) is 0 Å². The van der Waals surface area contributed by atoms with E-state index in [1.54, 1.807) is 0 Å². The fraction of sp³-hybridized carbons (Fsp3) is 0.0714. The molecule has 1 aromatic rings. The Kier molecular flexibility index (Phi) is 6.36. The zero-order valence-corrected chi connectivity index (χ0v) is 12.6. The SMILES string of the molecule is C[c-]1cccc2c3ccccc3cc1-2.Cl.Cl.[Ti]. The molecular weight excluding hydrogens is 287 g/mol. The first-order chi connectivity index (χ1) is 6.86. The van der Waals surface area contributed by atoms with E-state index < -0.39 is 0 Å². The molecule has 3 heteroatoms. The number of fused-ring (bicyclic) bond motifs is 3. The van der Waals surface area contributed by atoms with E-state index in [1.165, 1.54) is 27.5 Å². The van der Waals surface area contributed by atoms with E-state index in [1.807, 2.05) is 0 Å². The Labute approximate surface area is 129 Å². The van der Waals surface area contributed by atoms with Crippen molar-refractivity contribution in [3.8, 4) is 11.1 Å². The largest absolute Gasteiger partial charge is 0.147 e. The first-order valence-corrected chi connectivity index (χ1v) is 4.90. The molecule has 1 aromatic carbocycles. The van der Waals surface area contributed by atoms with Gasteiger partial charge in [-0.15, -0.1) is 65.8 Å². The number of aryl methyl sites for hydroxylation is 1. The van der Waals surface area contributed by atoms with Gasteiger partial charge in [-0.05, 0) is 0 Å². The first kappa shape index (κ1) is 16.6. The second kappa shape index (κ2) is 6.51. The second-order valence-corrected chi connectivity index (χ2v) is 3.77. The Morgan fingerprint density at radius 1 is 0.941 bits per heavy atom. The molecule has 0 atom stereocenters. The average Bonchev–Trinajstić information content (AvgIpc) is 2.59. The van der Waals surface area contributed by atoms with Crippen LogP contribution in [0.1, 0.15) is 5.56 Å². The summed E-state index contributed by atoms with van der Waals surface area (Å²) in [5, 5.41) is 2.71. The van der Waals surface area contributed by atoms with E-state index in [0.29, 0.717) is 0 Å². The minimum absolute atomic E-state index is 0. The van der Waals surface area contributed by atoms with Crippen LogP contribution in [-0.2, 0) is 21.7 Å². The maximum Gasteiger partial charge on any atom is 0 e. The van der Waals surface area contributed by atoms with Gasteiger partial charge in [0.25, 0.3) is 0 Å². The normalized spacial score (nSPS) is 9.24. The van der Waals surface area contributed by atoms with Crippen LogP contribution in [0, 0.1) is 6.92 Å². The van der Waals surface area contributed by atoms with Crippen molar-refractivity contribution < 1.29 is 21.7 Å². The molecule has 0 amide bonds. The number of benzene rings is 2. The molecule has 2 aliphatic carbocycles. The summed E-state index contributed by atoms with van der Waals surface area (Å²) in [6.07, 6.45) is 0. The summed E-state index contributed by atoms with van der Waals surface area (Å²) in [4.78, 5) is 0. The molecule has 3 rings (SSSR count). The van der Waals surface area contributed by atoms with E-state index in [0.717, 1.165) is 0 Å². The van der Waals surface area contributed by atoms with Gasteiger partial charge in [-0.3, -0.25) is 0 Å². The third-order valence-electron chi connectivity index (χ3n) is 2.87. The second-order valence-electron chi connectivity index (χ2n) is 3.77. The Morgan fingerprint density at radius 3 is 2.41 bits per heavy atom. The molecule has 0 N–H and O–H groups in total. The van der Waals surface area contributed by atoms with Crippen LogP contribution in [-0.4, -0.2) is 0 Å². The Hall–Kier alpha value is -0.396. The molecular formula is C14H13Cl2Ti-. The summed E-state index contributed by atoms with van der Waals surface area (Å²) in [6, 6.07) is 17.3. The summed E-state index contributed by atoms with van der Waals surface area (Å²) in [5.74, 6) is 0. The zero-order valence-electron chi connectivity index (χ0n) is 9.44. The number of hydrogen-bond acceptors (Lipinski definition) is 0.